The summed E-state index contributed by atoms with van der Waals surface area (Å²) in [6.07, 6.45) is 3.48. The summed E-state index contributed by atoms with van der Waals surface area (Å²) in [4.78, 5) is 4.12. The maximum absolute atomic E-state index is 5.20. The van der Waals surface area contributed by atoms with E-state index in [1.165, 1.54) is 5.56 Å². The molecule has 0 aliphatic carbocycles. The molecule has 0 aliphatic heterocycles. The molecule has 0 saturated carbocycles. The Morgan fingerprint density at radius 2 is 2.17 bits per heavy atom. The van der Waals surface area contributed by atoms with Gasteiger partial charge in [0, 0.05) is 11.6 Å². The summed E-state index contributed by atoms with van der Waals surface area (Å²) in [6.45, 7) is 4.34. The van der Waals surface area contributed by atoms with Gasteiger partial charge in [0.25, 0.3) is 0 Å². The number of hydrogen-bond acceptors (Lipinski definition) is 2. The molecule has 0 amide bonds. The summed E-state index contributed by atoms with van der Waals surface area (Å²) in [7, 11) is 0. The summed E-state index contributed by atoms with van der Waals surface area (Å²) >= 11 is 0. The van der Waals surface area contributed by atoms with Gasteiger partial charge < -0.3 is 4.42 Å². The third-order valence-corrected chi connectivity index (χ3v) is 2.02. The van der Waals surface area contributed by atoms with Crippen molar-refractivity contribution in [1.29, 1.82) is 0 Å². The number of fused-ring (bicyclic) bond motifs is 1. The second kappa shape index (κ2) is 2.63. The lowest BCUT2D eigenvalue weighted by atomic mass is 10.0. The van der Waals surface area contributed by atoms with Gasteiger partial charge in [-0.05, 0) is 23.6 Å². The van der Waals surface area contributed by atoms with Crippen LogP contribution in [-0.2, 0) is 0 Å². The first-order valence-corrected chi connectivity index (χ1v) is 4.11. The molecule has 0 N–H and O–H groups in total. The van der Waals surface area contributed by atoms with Crippen molar-refractivity contribution in [3.63, 3.8) is 0 Å². The highest BCUT2D eigenvalue weighted by molar-refractivity contribution is 5.77. The quantitative estimate of drug-likeness (QED) is 0.642. The molecule has 0 unspecified atom stereocenters. The molecule has 0 fully saturated rings. The van der Waals surface area contributed by atoms with Crippen LogP contribution in [-0.4, -0.2) is 4.98 Å². The fourth-order valence-electron chi connectivity index (χ4n) is 1.40. The number of nitrogens with zero attached hydrogens (tertiary/aromatic N) is 1. The molecule has 2 rings (SSSR count). The van der Waals surface area contributed by atoms with Gasteiger partial charge in [-0.1, -0.05) is 13.8 Å². The molecule has 0 spiro atoms. The second-order valence-electron chi connectivity index (χ2n) is 3.19. The highest BCUT2D eigenvalue weighted by atomic mass is 16.3. The van der Waals surface area contributed by atoms with Crippen molar-refractivity contribution in [2.24, 2.45) is 0 Å². The smallest absolute Gasteiger partial charge is 0.226 e. The maximum atomic E-state index is 5.20. The Bertz CT molecular complexity index is 389. The number of rotatable bonds is 1. The lowest BCUT2D eigenvalue weighted by Crippen LogP contribution is -1.88. The van der Waals surface area contributed by atoms with Gasteiger partial charge in [0.15, 0.2) is 0 Å². The molecule has 2 aromatic rings. The number of furan rings is 1. The van der Waals surface area contributed by atoms with Crippen LogP contribution in [0.25, 0.3) is 11.1 Å². The predicted molar refractivity (Wildman–Crippen MR) is 48.1 cm³/mol. The zero-order chi connectivity index (χ0) is 8.55. The van der Waals surface area contributed by atoms with Gasteiger partial charge in [-0.3, -0.25) is 0 Å². The van der Waals surface area contributed by atoms with Crippen LogP contribution in [0.4, 0.5) is 0 Å². The van der Waals surface area contributed by atoms with Crippen LogP contribution >= 0.6 is 0 Å². The first-order chi connectivity index (χ1) is 5.79. The summed E-state index contributed by atoms with van der Waals surface area (Å²) in [6, 6.07) is 4.01. The molecule has 0 aliphatic rings. The van der Waals surface area contributed by atoms with E-state index in [4.69, 9.17) is 4.42 Å². The summed E-state index contributed by atoms with van der Waals surface area (Å²) in [5.41, 5.74) is 2.04. The first kappa shape index (κ1) is 7.35. The van der Waals surface area contributed by atoms with Gasteiger partial charge >= 0.3 is 0 Å². The molecule has 2 heteroatoms. The zero-order valence-electron chi connectivity index (χ0n) is 7.24. The minimum atomic E-state index is 0.521. The van der Waals surface area contributed by atoms with Gasteiger partial charge in [-0.2, -0.15) is 0 Å². The van der Waals surface area contributed by atoms with E-state index in [1.807, 2.05) is 12.1 Å². The van der Waals surface area contributed by atoms with Crippen LogP contribution in [0.2, 0.25) is 0 Å². The molecule has 0 radical (unpaired) electrons. The van der Waals surface area contributed by atoms with Gasteiger partial charge in [0.1, 0.15) is 0 Å². The molecular weight excluding hydrogens is 150 g/mol. The van der Waals surface area contributed by atoms with Crippen molar-refractivity contribution in [2.45, 2.75) is 19.8 Å². The van der Waals surface area contributed by atoms with Crippen molar-refractivity contribution in [1.82, 2.24) is 4.98 Å². The molecule has 12 heavy (non-hydrogen) atoms. The van der Waals surface area contributed by atoms with E-state index in [0.717, 1.165) is 11.1 Å². The normalized spacial score (nSPS) is 11.2. The highest BCUT2D eigenvalue weighted by Crippen LogP contribution is 2.23. The average Bonchev–Trinajstić information content (AvgIpc) is 2.49. The number of hydrogen-bond donors (Lipinski definition) is 0. The molecule has 0 bridgehead atoms. The van der Waals surface area contributed by atoms with E-state index in [0.29, 0.717) is 5.92 Å². The Kier molecular flexibility index (Phi) is 1.61. The standard InChI is InChI=1S/C10H11NO/c1-7(2)8-3-5-11-10-9(8)4-6-12-10/h3-7H,1-2H3. The second-order valence-corrected chi connectivity index (χ2v) is 3.19. The lowest BCUT2D eigenvalue weighted by molar-refractivity contribution is 0.603. The average molecular weight is 161 g/mol. The van der Waals surface area contributed by atoms with E-state index >= 15 is 0 Å². The number of pyridine rings is 1. The first-order valence-electron chi connectivity index (χ1n) is 4.11. The topological polar surface area (TPSA) is 26.0 Å². The monoisotopic (exact) mass is 161 g/mol. The minimum Gasteiger partial charge on any atom is -0.446 e. The molecule has 2 nitrogen and oxygen atoms in total. The van der Waals surface area contributed by atoms with Gasteiger partial charge in [0.05, 0.1) is 6.26 Å². The molecule has 62 valence electrons. The summed E-state index contributed by atoms with van der Waals surface area (Å²) < 4.78 is 5.20. The Balaban J connectivity index is 2.73. The molecule has 0 aromatic carbocycles. The van der Waals surface area contributed by atoms with E-state index in [9.17, 15) is 0 Å². The fourth-order valence-corrected chi connectivity index (χ4v) is 1.40. The van der Waals surface area contributed by atoms with Crippen LogP contribution in [0.3, 0.4) is 0 Å². The SMILES string of the molecule is CC(C)c1ccnc2occc12. The molecule has 0 atom stereocenters. The third kappa shape index (κ3) is 0.998. The van der Waals surface area contributed by atoms with Crippen LogP contribution in [0, 0.1) is 0 Å². The fraction of sp³-hybridized carbons (Fsp3) is 0.300. The van der Waals surface area contributed by atoms with Gasteiger partial charge in [0.2, 0.25) is 5.71 Å². The van der Waals surface area contributed by atoms with Crippen LogP contribution in [0.5, 0.6) is 0 Å². The zero-order valence-corrected chi connectivity index (χ0v) is 7.24. The third-order valence-electron chi connectivity index (χ3n) is 2.02. The number of aromatic nitrogens is 1. The molecule has 0 saturated heterocycles. The van der Waals surface area contributed by atoms with Gasteiger partial charge in [-0.15, -0.1) is 0 Å². The van der Waals surface area contributed by atoms with E-state index in [-0.39, 0.29) is 0 Å². The maximum Gasteiger partial charge on any atom is 0.226 e. The van der Waals surface area contributed by atoms with Crippen LogP contribution in [0.15, 0.2) is 29.0 Å². The van der Waals surface area contributed by atoms with Crippen molar-refractivity contribution >= 4 is 11.1 Å². The Labute approximate surface area is 71.2 Å². The summed E-state index contributed by atoms with van der Waals surface area (Å²) in [5.74, 6) is 0.521. The Morgan fingerprint density at radius 3 is 2.92 bits per heavy atom. The lowest BCUT2D eigenvalue weighted by Gasteiger charge is -2.04. The van der Waals surface area contributed by atoms with Crippen LogP contribution < -0.4 is 0 Å². The molecular formula is C10H11NO. The Morgan fingerprint density at radius 1 is 1.33 bits per heavy atom. The van der Waals surface area contributed by atoms with Crippen molar-refractivity contribution in [3.8, 4) is 0 Å². The minimum absolute atomic E-state index is 0.521. The largest absolute Gasteiger partial charge is 0.446 e. The summed E-state index contributed by atoms with van der Waals surface area (Å²) in [5, 5.41) is 1.13. The van der Waals surface area contributed by atoms with E-state index < -0.39 is 0 Å². The highest BCUT2D eigenvalue weighted by Gasteiger charge is 2.06. The van der Waals surface area contributed by atoms with E-state index in [1.54, 1.807) is 12.5 Å². The molecule has 2 heterocycles. The Hall–Kier alpha value is -1.31. The van der Waals surface area contributed by atoms with Crippen LogP contribution in [0.1, 0.15) is 25.3 Å². The van der Waals surface area contributed by atoms with Gasteiger partial charge in [-0.25, -0.2) is 4.98 Å². The van der Waals surface area contributed by atoms with E-state index in [2.05, 4.69) is 18.8 Å². The van der Waals surface area contributed by atoms with Crippen molar-refractivity contribution in [3.05, 3.63) is 30.2 Å². The van der Waals surface area contributed by atoms with Crippen molar-refractivity contribution in [2.75, 3.05) is 0 Å². The predicted octanol–water partition coefficient (Wildman–Crippen LogP) is 2.95. The molecule has 2 aromatic heterocycles. The van der Waals surface area contributed by atoms with Crippen molar-refractivity contribution < 1.29 is 4.42 Å².